The molecule has 0 saturated heterocycles. The van der Waals surface area contributed by atoms with Crippen molar-refractivity contribution < 1.29 is 4.39 Å². The molecule has 1 fully saturated rings. The Morgan fingerprint density at radius 1 is 1.27 bits per heavy atom. The second-order valence-electron chi connectivity index (χ2n) is 5.63. The number of hydrogen-bond acceptors (Lipinski definition) is 2. The average Bonchev–Trinajstić information content (AvgIpc) is 2.97. The zero-order chi connectivity index (χ0) is 15.4. The highest BCUT2D eigenvalue weighted by Crippen LogP contribution is 2.37. The van der Waals surface area contributed by atoms with E-state index in [-0.39, 0.29) is 11.7 Å². The fourth-order valence-corrected chi connectivity index (χ4v) is 3.49. The van der Waals surface area contributed by atoms with Crippen molar-refractivity contribution in [3.63, 3.8) is 0 Å². The molecule has 2 aromatic rings. The van der Waals surface area contributed by atoms with Gasteiger partial charge in [-0.25, -0.2) is 4.39 Å². The van der Waals surface area contributed by atoms with Gasteiger partial charge < -0.3 is 11.1 Å². The number of thiophene rings is 1. The SMILES string of the molecule is NC(=NCCc1cccs1)NC1CC(c2ccccc2F)C1. The first-order valence-corrected chi connectivity index (χ1v) is 8.43. The smallest absolute Gasteiger partial charge is 0.188 e. The Bertz CT molecular complexity index is 633. The zero-order valence-corrected chi connectivity index (χ0v) is 13.2. The summed E-state index contributed by atoms with van der Waals surface area (Å²) in [4.78, 5) is 5.67. The van der Waals surface area contributed by atoms with Crippen LogP contribution in [-0.4, -0.2) is 18.5 Å². The van der Waals surface area contributed by atoms with Crippen molar-refractivity contribution >= 4 is 17.3 Å². The molecule has 0 unspecified atom stereocenters. The van der Waals surface area contributed by atoms with Gasteiger partial charge in [0.2, 0.25) is 0 Å². The summed E-state index contributed by atoms with van der Waals surface area (Å²) < 4.78 is 13.7. The van der Waals surface area contributed by atoms with E-state index in [1.165, 1.54) is 10.9 Å². The van der Waals surface area contributed by atoms with E-state index in [2.05, 4.69) is 21.8 Å². The summed E-state index contributed by atoms with van der Waals surface area (Å²) in [5.74, 6) is 0.676. The van der Waals surface area contributed by atoms with E-state index in [4.69, 9.17) is 5.73 Å². The topological polar surface area (TPSA) is 50.4 Å². The molecule has 0 amide bonds. The van der Waals surface area contributed by atoms with Crippen LogP contribution in [0.4, 0.5) is 4.39 Å². The standard InChI is InChI=1S/C17H20FN3S/c18-16-6-2-1-5-15(16)12-10-13(11-12)21-17(19)20-8-7-14-4-3-9-22-14/h1-6,9,12-13H,7-8,10-11H2,(H3,19,20,21). The quantitative estimate of drug-likeness (QED) is 0.657. The monoisotopic (exact) mass is 317 g/mol. The number of halogens is 1. The van der Waals surface area contributed by atoms with Gasteiger partial charge in [0.25, 0.3) is 0 Å². The zero-order valence-electron chi connectivity index (χ0n) is 12.3. The molecule has 3 rings (SSSR count). The Morgan fingerprint density at radius 2 is 2.09 bits per heavy atom. The van der Waals surface area contributed by atoms with Crippen molar-refractivity contribution in [2.24, 2.45) is 10.7 Å². The van der Waals surface area contributed by atoms with E-state index in [9.17, 15) is 4.39 Å². The number of nitrogens with two attached hydrogens (primary N) is 1. The molecule has 1 saturated carbocycles. The van der Waals surface area contributed by atoms with Crippen LogP contribution < -0.4 is 11.1 Å². The van der Waals surface area contributed by atoms with E-state index in [0.29, 0.717) is 18.5 Å². The molecule has 1 aliphatic rings. The number of nitrogens with one attached hydrogen (secondary N) is 1. The molecule has 1 aromatic heterocycles. The summed E-state index contributed by atoms with van der Waals surface area (Å²) >= 11 is 1.74. The number of guanidine groups is 1. The van der Waals surface area contributed by atoms with Gasteiger partial charge in [0.15, 0.2) is 5.96 Å². The second kappa shape index (κ2) is 6.92. The van der Waals surface area contributed by atoms with Crippen LogP contribution in [0.3, 0.4) is 0 Å². The Labute approximate surface area is 134 Å². The Kier molecular flexibility index (Phi) is 4.73. The molecule has 22 heavy (non-hydrogen) atoms. The summed E-state index contributed by atoms with van der Waals surface area (Å²) in [5, 5.41) is 5.29. The third kappa shape index (κ3) is 3.65. The van der Waals surface area contributed by atoms with Gasteiger partial charge in [-0.05, 0) is 41.8 Å². The van der Waals surface area contributed by atoms with Gasteiger partial charge in [-0.2, -0.15) is 0 Å². The second-order valence-corrected chi connectivity index (χ2v) is 6.66. The minimum Gasteiger partial charge on any atom is -0.370 e. The molecular formula is C17H20FN3S. The summed E-state index contributed by atoms with van der Waals surface area (Å²) in [6.45, 7) is 0.697. The molecule has 1 aromatic carbocycles. The maximum Gasteiger partial charge on any atom is 0.188 e. The van der Waals surface area contributed by atoms with Gasteiger partial charge in [0.1, 0.15) is 5.82 Å². The third-order valence-corrected chi connectivity index (χ3v) is 4.99. The van der Waals surface area contributed by atoms with Gasteiger partial charge in [0.05, 0.1) is 0 Å². The summed E-state index contributed by atoms with van der Waals surface area (Å²) in [5.41, 5.74) is 6.72. The van der Waals surface area contributed by atoms with Crippen molar-refractivity contribution in [2.45, 2.75) is 31.2 Å². The number of rotatable bonds is 5. The number of hydrogen-bond donors (Lipinski definition) is 2. The van der Waals surface area contributed by atoms with Crippen LogP contribution in [0.15, 0.2) is 46.8 Å². The van der Waals surface area contributed by atoms with E-state index in [0.717, 1.165) is 24.8 Å². The minimum absolute atomic E-state index is 0.108. The molecule has 3 nitrogen and oxygen atoms in total. The third-order valence-electron chi connectivity index (χ3n) is 4.06. The van der Waals surface area contributed by atoms with Crippen LogP contribution in [0, 0.1) is 5.82 Å². The van der Waals surface area contributed by atoms with Gasteiger partial charge >= 0.3 is 0 Å². The van der Waals surface area contributed by atoms with Crippen LogP contribution in [0.1, 0.15) is 29.2 Å². The largest absolute Gasteiger partial charge is 0.370 e. The van der Waals surface area contributed by atoms with Gasteiger partial charge in [-0.1, -0.05) is 24.3 Å². The van der Waals surface area contributed by atoms with Gasteiger partial charge in [0, 0.05) is 23.9 Å². The van der Waals surface area contributed by atoms with E-state index >= 15 is 0 Å². The highest BCUT2D eigenvalue weighted by molar-refractivity contribution is 7.09. The highest BCUT2D eigenvalue weighted by Gasteiger charge is 2.32. The van der Waals surface area contributed by atoms with E-state index in [1.54, 1.807) is 17.4 Å². The Balaban J connectivity index is 1.42. The van der Waals surface area contributed by atoms with Crippen molar-refractivity contribution in [2.75, 3.05) is 6.54 Å². The lowest BCUT2D eigenvalue weighted by Crippen LogP contribution is -2.46. The lowest BCUT2D eigenvalue weighted by atomic mass is 9.76. The van der Waals surface area contributed by atoms with Crippen LogP contribution in [0.25, 0.3) is 0 Å². The van der Waals surface area contributed by atoms with E-state index < -0.39 is 0 Å². The molecule has 0 bridgehead atoms. The van der Waals surface area contributed by atoms with Gasteiger partial charge in [-0.15, -0.1) is 11.3 Å². The number of nitrogens with zero attached hydrogens (tertiary/aromatic N) is 1. The molecule has 1 heterocycles. The van der Waals surface area contributed by atoms with Crippen LogP contribution >= 0.6 is 11.3 Å². The summed E-state index contributed by atoms with van der Waals surface area (Å²) in [7, 11) is 0. The molecule has 116 valence electrons. The maximum atomic E-state index is 13.7. The van der Waals surface area contributed by atoms with Crippen LogP contribution in [0.5, 0.6) is 0 Å². The normalized spacial score (nSPS) is 21.4. The first-order valence-electron chi connectivity index (χ1n) is 7.55. The van der Waals surface area contributed by atoms with Crippen molar-refractivity contribution in [1.82, 2.24) is 5.32 Å². The van der Waals surface area contributed by atoms with Crippen molar-refractivity contribution in [1.29, 1.82) is 0 Å². The molecule has 3 N–H and O–H groups in total. The Hall–Kier alpha value is -1.88. The number of benzene rings is 1. The lowest BCUT2D eigenvalue weighted by Gasteiger charge is -2.36. The van der Waals surface area contributed by atoms with Gasteiger partial charge in [-0.3, -0.25) is 4.99 Å². The Morgan fingerprint density at radius 3 is 2.82 bits per heavy atom. The van der Waals surface area contributed by atoms with Crippen LogP contribution in [-0.2, 0) is 6.42 Å². The fraction of sp³-hybridized carbons (Fsp3) is 0.353. The average molecular weight is 317 g/mol. The molecule has 1 aliphatic carbocycles. The predicted octanol–water partition coefficient (Wildman–Crippen LogP) is 3.28. The molecular weight excluding hydrogens is 297 g/mol. The van der Waals surface area contributed by atoms with Crippen molar-refractivity contribution in [3.8, 4) is 0 Å². The van der Waals surface area contributed by atoms with Crippen LogP contribution in [0.2, 0.25) is 0 Å². The summed E-state index contributed by atoms with van der Waals surface area (Å²) in [6, 6.07) is 11.5. The first kappa shape index (κ1) is 15.0. The lowest BCUT2D eigenvalue weighted by molar-refractivity contribution is 0.316. The first-order chi connectivity index (χ1) is 10.7. The van der Waals surface area contributed by atoms with Crippen molar-refractivity contribution in [3.05, 3.63) is 58.0 Å². The molecule has 5 heteroatoms. The summed E-state index contributed by atoms with van der Waals surface area (Å²) in [6.07, 6.45) is 2.73. The molecule has 0 atom stereocenters. The molecule has 0 aliphatic heterocycles. The highest BCUT2D eigenvalue weighted by atomic mass is 32.1. The predicted molar refractivity (Wildman–Crippen MR) is 89.8 cm³/mol. The maximum absolute atomic E-state index is 13.7. The van der Waals surface area contributed by atoms with E-state index in [1.807, 2.05) is 18.2 Å². The number of aliphatic imine (C=N–C) groups is 1. The fourth-order valence-electron chi connectivity index (χ4n) is 2.79. The molecule has 0 radical (unpaired) electrons. The minimum atomic E-state index is -0.108. The molecule has 0 spiro atoms.